The van der Waals surface area contributed by atoms with Crippen LogP contribution in [-0.4, -0.2) is 149 Å². The summed E-state index contributed by atoms with van der Waals surface area (Å²) in [6, 6.07) is 12.5. The fourth-order valence-corrected chi connectivity index (χ4v) is 10.1. The van der Waals surface area contributed by atoms with Gasteiger partial charge in [0, 0.05) is 114 Å². The molecule has 2 aromatic heterocycles. The van der Waals surface area contributed by atoms with E-state index in [0.717, 1.165) is 130 Å². The molecule has 0 aliphatic carbocycles. The topological polar surface area (TPSA) is 195 Å². The summed E-state index contributed by atoms with van der Waals surface area (Å²) < 4.78 is 7.24. The molecule has 1 aromatic carbocycles. The van der Waals surface area contributed by atoms with E-state index in [1.54, 1.807) is 0 Å². The predicted molar refractivity (Wildman–Crippen MR) is 292 cm³/mol. The molecule has 0 radical (unpaired) electrons. The van der Waals surface area contributed by atoms with Crippen LogP contribution in [-0.2, 0) is 61.3 Å². The summed E-state index contributed by atoms with van der Waals surface area (Å²) in [5.74, 6) is 1.12. The molecule has 17 nitrogen and oxygen atoms in total. The van der Waals surface area contributed by atoms with Gasteiger partial charge < -0.3 is 52.3 Å². The molecule has 416 valence electrons. The third-order valence-electron chi connectivity index (χ3n) is 14.5. The van der Waals surface area contributed by atoms with Crippen LogP contribution in [0.5, 0.6) is 0 Å². The number of anilines is 2. The average Bonchev–Trinajstić information content (AvgIpc) is 4.03. The molecule has 5 heterocycles. The first kappa shape index (κ1) is 62.6. The maximum absolute atomic E-state index is 13.4. The SMILES string of the molecule is CC.[CH2-]C(CO)N([CH2-])C(=O)CCCCCNC(=O)CCCCCNC(=O)CCCC(=O)N1CCN(c2cc(C(CC(=O)OC)CN3CCC(CCc4ccc5c(n4)NCCC5)C3)cc(-n3nc(C)cc3C)c2)CC1.[Os+2]. The van der Waals surface area contributed by atoms with E-state index in [1.165, 1.54) is 17.6 Å². The van der Waals surface area contributed by atoms with Crippen molar-refractivity contribution >= 4 is 41.1 Å². The van der Waals surface area contributed by atoms with Gasteiger partial charge in [0.05, 0.1) is 24.9 Å². The number of fused-ring (bicyclic) bond motifs is 1. The van der Waals surface area contributed by atoms with Gasteiger partial charge in [-0.25, -0.2) is 9.67 Å². The zero-order valence-corrected chi connectivity index (χ0v) is 48.3. The number of amides is 4. The summed E-state index contributed by atoms with van der Waals surface area (Å²) in [4.78, 5) is 76.1. The van der Waals surface area contributed by atoms with Gasteiger partial charge in [0.2, 0.25) is 17.7 Å². The molecule has 0 saturated carbocycles. The average molecular weight is 1220 g/mol. The van der Waals surface area contributed by atoms with Gasteiger partial charge in [0.15, 0.2) is 5.91 Å². The van der Waals surface area contributed by atoms with Crippen molar-refractivity contribution in [3.05, 3.63) is 78.6 Å². The summed E-state index contributed by atoms with van der Waals surface area (Å²) in [5, 5.41) is 23.3. The normalized spacial score (nSPS) is 16.1. The van der Waals surface area contributed by atoms with E-state index in [1.807, 2.05) is 30.4 Å². The zero-order chi connectivity index (χ0) is 53.4. The molecule has 3 unspecified atom stereocenters. The summed E-state index contributed by atoms with van der Waals surface area (Å²) in [6.07, 6.45) is 12.1. The van der Waals surface area contributed by atoms with Gasteiger partial charge in [0.1, 0.15) is 5.82 Å². The number of hydrogen-bond donors (Lipinski definition) is 4. The summed E-state index contributed by atoms with van der Waals surface area (Å²) in [6.45, 7) is 18.7. The Morgan fingerprint density at radius 2 is 1.55 bits per heavy atom. The Labute approximate surface area is 461 Å². The van der Waals surface area contributed by atoms with E-state index in [9.17, 15) is 24.0 Å². The number of pyridine rings is 1. The van der Waals surface area contributed by atoms with Crippen LogP contribution in [0.4, 0.5) is 11.5 Å². The second kappa shape index (κ2) is 33.3. The molecular weight excluding hydrogens is 1130 g/mol. The Morgan fingerprint density at radius 3 is 2.21 bits per heavy atom. The predicted octanol–water partition coefficient (Wildman–Crippen LogP) is 6.85. The number of nitrogens with one attached hydrogen (secondary N) is 3. The van der Waals surface area contributed by atoms with Crippen molar-refractivity contribution in [2.75, 3.05) is 89.4 Å². The number of aliphatic hydroxyl groups is 1. The van der Waals surface area contributed by atoms with Crippen molar-refractivity contribution in [2.45, 2.75) is 149 Å². The molecular formula is C57H88N10O7Os. The van der Waals surface area contributed by atoms with Crippen LogP contribution in [0.25, 0.3) is 5.69 Å². The molecule has 2 fully saturated rings. The van der Waals surface area contributed by atoms with Crippen LogP contribution in [0, 0.1) is 33.7 Å². The number of aryl methyl sites for hydroxylation is 4. The van der Waals surface area contributed by atoms with Crippen LogP contribution in [0.2, 0.25) is 0 Å². The number of piperazine rings is 1. The Hall–Kier alpha value is -4.91. The number of aromatic nitrogens is 3. The number of benzene rings is 1. The van der Waals surface area contributed by atoms with Crippen LogP contribution < -0.4 is 20.9 Å². The number of unbranched alkanes of at least 4 members (excludes halogenated alkanes) is 4. The largest absolute Gasteiger partial charge is 2.00 e. The second-order valence-electron chi connectivity index (χ2n) is 20.1. The van der Waals surface area contributed by atoms with Crippen molar-refractivity contribution in [3.63, 3.8) is 0 Å². The molecule has 3 aromatic rings. The molecule has 3 aliphatic heterocycles. The Balaban J connectivity index is 0.00000401. The first-order valence-corrected chi connectivity index (χ1v) is 27.6. The standard InChI is InChI=1S/C55H82N10O7.C2H6.Os/c1-40-32-41(2)65(60-40)49-34-45(46(35-54(71)72-5)38-62-27-23-43(37-62)19-21-47-22-20-44-14-13-26-58-55(44)59-47)33-48(36-49)63-28-30-64(31-29-63)53(70)18-12-16-51(68)57-24-10-6-8-15-50(67)56-25-11-7-9-17-52(69)61(4)42(3)39-66;1-2;/h20,22,32-34,36,42-43,46,66H,3-4,6-19,21,23-31,35,37-39H2,1-2,5H3,(H,56,67)(H,57,68)(H,58,59);1-2H3;/q-2;;+2. The number of rotatable bonds is 28. The number of aliphatic hydroxyl groups excluding tert-OH is 1. The van der Waals surface area contributed by atoms with E-state index in [-0.39, 0.29) is 74.8 Å². The molecule has 3 aliphatic rings. The Kier molecular flexibility index (Phi) is 27.8. The molecule has 2 saturated heterocycles. The fraction of sp³-hybridized carbons (Fsp3) is 0.632. The number of likely N-dealkylation sites (tertiary alicyclic amines) is 1. The second-order valence-corrected chi connectivity index (χ2v) is 20.1. The van der Waals surface area contributed by atoms with Crippen molar-refractivity contribution in [1.29, 1.82) is 0 Å². The minimum Gasteiger partial charge on any atom is -0.516 e. The maximum Gasteiger partial charge on any atom is 2.00 e. The maximum atomic E-state index is 13.4. The van der Waals surface area contributed by atoms with Crippen molar-refractivity contribution in [2.24, 2.45) is 5.92 Å². The van der Waals surface area contributed by atoms with Crippen molar-refractivity contribution in [1.82, 2.24) is 40.1 Å². The number of carbonyl (C=O) groups is 5. The van der Waals surface area contributed by atoms with E-state index in [0.29, 0.717) is 77.3 Å². The van der Waals surface area contributed by atoms with Crippen LogP contribution in [0.15, 0.2) is 36.4 Å². The zero-order valence-electron chi connectivity index (χ0n) is 45.8. The summed E-state index contributed by atoms with van der Waals surface area (Å²) in [5.41, 5.74) is 7.46. The number of carbonyl (C=O) groups excluding carboxylic acids is 5. The van der Waals surface area contributed by atoms with Gasteiger partial charge in [-0.3, -0.25) is 31.0 Å². The quantitative estimate of drug-likeness (QED) is 0.0336. The Bertz CT molecular complexity index is 2250. The van der Waals surface area contributed by atoms with E-state index in [4.69, 9.17) is 19.9 Å². The van der Waals surface area contributed by atoms with Gasteiger partial charge in [0.25, 0.3) is 0 Å². The molecule has 0 spiro atoms. The van der Waals surface area contributed by atoms with Gasteiger partial charge in [-0.2, -0.15) is 5.10 Å². The summed E-state index contributed by atoms with van der Waals surface area (Å²) in [7, 11) is 5.10. The van der Waals surface area contributed by atoms with Gasteiger partial charge >= 0.3 is 25.8 Å². The molecule has 75 heavy (non-hydrogen) atoms. The third-order valence-corrected chi connectivity index (χ3v) is 14.5. The number of ether oxygens (including phenoxy) is 1. The molecule has 6 rings (SSSR count). The molecule has 4 amide bonds. The molecule has 3 atom stereocenters. The van der Waals surface area contributed by atoms with Crippen LogP contribution in [0.1, 0.15) is 144 Å². The van der Waals surface area contributed by atoms with Crippen molar-refractivity contribution < 1.29 is 53.6 Å². The van der Waals surface area contributed by atoms with Gasteiger partial charge in [-0.1, -0.05) is 32.8 Å². The first-order valence-electron chi connectivity index (χ1n) is 27.6. The van der Waals surface area contributed by atoms with Gasteiger partial charge in [-0.05, 0) is 132 Å². The first-order chi connectivity index (χ1) is 35.8. The van der Waals surface area contributed by atoms with Crippen molar-refractivity contribution in [3.8, 4) is 5.69 Å². The monoisotopic (exact) mass is 1220 g/mol. The summed E-state index contributed by atoms with van der Waals surface area (Å²) >= 11 is 0. The Morgan fingerprint density at radius 1 is 0.867 bits per heavy atom. The van der Waals surface area contributed by atoms with E-state index in [2.05, 4.69) is 83.0 Å². The van der Waals surface area contributed by atoms with Crippen LogP contribution >= 0.6 is 0 Å². The molecule has 0 bridgehead atoms. The fourth-order valence-electron chi connectivity index (χ4n) is 10.1. The smallest absolute Gasteiger partial charge is 0.516 e. The van der Waals surface area contributed by atoms with E-state index < -0.39 is 6.04 Å². The third kappa shape index (κ3) is 20.5. The number of esters is 1. The number of methoxy groups -OCH3 is 1. The number of nitrogens with zero attached hydrogens (tertiary/aromatic N) is 7. The minimum absolute atomic E-state index is 0. The van der Waals surface area contributed by atoms with E-state index >= 15 is 0 Å². The minimum atomic E-state index is -0.548. The molecule has 18 heteroatoms. The number of hydrogen-bond acceptors (Lipinski definition) is 12. The van der Waals surface area contributed by atoms with Crippen LogP contribution in [0.3, 0.4) is 0 Å². The van der Waals surface area contributed by atoms with Gasteiger partial charge in [-0.15, -0.1) is 6.04 Å². The molecule has 4 N–H and O–H groups in total.